The van der Waals surface area contributed by atoms with Crippen molar-refractivity contribution in [2.75, 3.05) is 14.2 Å². The molecule has 0 radical (unpaired) electrons. The van der Waals surface area contributed by atoms with Gasteiger partial charge in [0.25, 0.3) is 0 Å². The van der Waals surface area contributed by atoms with E-state index in [1.807, 2.05) is 42.5 Å². The molecule has 0 fully saturated rings. The molecule has 21 heavy (non-hydrogen) atoms. The van der Waals surface area contributed by atoms with E-state index >= 15 is 0 Å². The lowest BCUT2D eigenvalue weighted by Crippen LogP contribution is -1.99. The second kappa shape index (κ2) is 6.81. The molecule has 1 atom stereocenters. The summed E-state index contributed by atoms with van der Waals surface area (Å²) in [5.41, 5.74) is 1.50. The van der Waals surface area contributed by atoms with Gasteiger partial charge < -0.3 is 19.7 Å². The Morgan fingerprint density at radius 2 is 1.71 bits per heavy atom. The average Bonchev–Trinajstić information content (AvgIpc) is 2.51. The molecule has 0 aromatic heterocycles. The molecule has 2 N–H and O–H groups in total. The highest BCUT2D eigenvalue weighted by atomic mass is 16.5. The number of ether oxygens (including phenoxy) is 2. The summed E-state index contributed by atoms with van der Waals surface area (Å²) in [7, 11) is 2.97. The Labute approximate surface area is 123 Å². The first-order valence-electron chi connectivity index (χ1n) is 6.51. The van der Waals surface area contributed by atoms with Crippen molar-refractivity contribution in [3.63, 3.8) is 0 Å². The van der Waals surface area contributed by atoms with Crippen LogP contribution in [0.4, 0.5) is 0 Å². The van der Waals surface area contributed by atoms with E-state index in [9.17, 15) is 10.2 Å². The van der Waals surface area contributed by atoms with Gasteiger partial charge in [0.1, 0.15) is 11.9 Å². The topological polar surface area (TPSA) is 58.9 Å². The summed E-state index contributed by atoms with van der Waals surface area (Å²) in [5.74, 6) is 0.188. The number of hydrogen-bond donors (Lipinski definition) is 2. The van der Waals surface area contributed by atoms with Gasteiger partial charge in [0.15, 0.2) is 11.5 Å². The van der Waals surface area contributed by atoms with Gasteiger partial charge >= 0.3 is 0 Å². The lowest BCUT2D eigenvalue weighted by atomic mass is 10.1. The van der Waals surface area contributed by atoms with Crippen LogP contribution < -0.4 is 4.74 Å². The predicted molar refractivity (Wildman–Crippen MR) is 81.5 cm³/mol. The third-order valence-corrected chi connectivity index (χ3v) is 3.15. The number of phenolic OH excluding ortho intramolecular Hbond substituents is 2. The monoisotopic (exact) mass is 286 g/mol. The molecule has 2 aromatic rings. The maximum Gasteiger partial charge on any atom is 0.164 e. The predicted octanol–water partition coefficient (Wildman–Crippen LogP) is 3.51. The summed E-state index contributed by atoms with van der Waals surface area (Å²) in [5, 5.41) is 19.9. The van der Waals surface area contributed by atoms with Crippen LogP contribution in [0.5, 0.6) is 17.2 Å². The molecule has 0 spiro atoms. The lowest BCUT2D eigenvalue weighted by molar-refractivity contribution is 0.140. The van der Waals surface area contributed by atoms with Crippen LogP contribution in [0.2, 0.25) is 0 Å². The van der Waals surface area contributed by atoms with Gasteiger partial charge in [0.2, 0.25) is 0 Å². The van der Waals surface area contributed by atoms with E-state index < -0.39 is 6.10 Å². The van der Waals surface area contributed by atoms with Crippen molar-refractivity contribution in [3.8, 4) is 17.2 Å². The molecule has 0 saturated heterocycles. The quantitative estimate of drug-likeness (QED) is 0.826. The Kier molecular flexibility index (Phi) is 4.85. The second-order valence-electron chi connectivity index (χ2n) is 4.51. The fourth-order valence-electron chi connectivity index (χ4n) is 2.04. The lowest BCUT2D eigenvalue weighted by Gasteiger charge is -2.15. The number of benzene rings is 2. The van der Waals surface area contributed by atoms with Crippen molar-refractivity contribution < 1.29 is 19.7 Å². The van der Waals surface area contributed by atoms with Crippen molar-refractivity contribution in [3.05, 3.63) is 59.7 Å². The van der Waals surface area contributed by atoms with E-state index in [0.717, 1.165) is 5.56 Å². The summed E-state index contributed by atoms with van der Waals surface area (Å²) in [6, 6.07) is 12.6. The first kappa shape index (κ1) is 14.9. The van der Waals surface area contributed by atoms with Crippen LogP contribution in [0.3, 0.4) is 0 Å². The van der Waals surface area contributed by atoms with E-state index in [4.69, 9.17) is 9.47 Å². The molecule has 110 valence electrons. The minimum Gasteiger partial charge on any atom is -0.507 e. The summed E-state index contributed by atoms with van der Waals surface area (Å²) in [6.07, 6.45) is 3.24. The highest BCUT2D eigenvalue weighted by Gasteiger charge is 2.16. The number of aromatic hydroxyl groups is 2. The van der Waals surface area contributed by atoms with Crippen LogP contribution in [-0.4, -0.2) is 24.4 Å². The van der Waals surface area contributed by atoms with Gasteiger partial charge in [0, 0.05) is 18.7 Å². The molecule has 0 aliphatic heterocycles. The molecule has 1 unspecified atom stereocenters. The van der Waals surface area contributed by atoms with Crippen molar-refractivity contribution in [1.29, 1.82) is 0 Å². The van der Waals surface area contributed by atoms with E-state index in [2.05, 4.69) is 0 Å². The summed E-state index contributed by atoms with van der Waals surface area (Å²) >= 11 is 0. The highest BCUT2D eigenvalue weighted by molar-refractivity contribution is 5.54. The first-order chi connectivity index (χ1) is 10.2. The Morgan fingerprint density at radius 1 is 1.00 bits per heavy atom. The molecule has 2 aromatic carbocycles. The van der Waals surface area contributed by atoms with Gasteiger partial charge in [-0.1, -0.05) is 42.5 Å². The zero-order chi connectivity index (χ0) is 15.2. The minimum absolute atomic E-state index is 0.00853. The zero-order valence-corrected chi connectivity index (χ0v) is 12.0. The summed E-state index contributed by atoms with van der Waals surface area (Å²) < 4.78 is 10.3. The molecule has 0 aliphatic carbocycles. The third-order valence-electron chi connectivity index (χ3n) is 3.15. The van der Waals surface area contributed by atoms with Gasteiger partial charge in [-0.15, -0.1) is 0 Å². The molecule has 0 bridgehead atoms. The minimum atomic E-state index is -0.470. The smallest absolute Gasteiger partial charge is 0.164 e. The molecule has 0 heterocycles. The molecule has 0 aliphatic rings. The van der Waals surface area contributed by atoms with Crippen LogP contribution >= 0.6 is 0 Å². The van der Waals surface area contributed by atoms with Crippen molar-refractivity contribution >= 4 is 6.08 Å². The number of rotatable bonds is 5. The highest BCUT2D eigenvalue weighted by Crippen LogP contribution is 2.37. The zero-order valence-electron chi connectivity index (χ0n) is 12.0. The first-order valence-corrected chi connectivity index (χ1v) is 6.51. The number of phenols is 2. The normalized spacial score (nSPS) is 12.5. The molecule has 4 nitrogen and oxygen atoms in total. The Balaban J connectivity index is 2.29. The summed E-state index contributed by atoms with van der Waals surface area (Å²) in [6.45, 7) is 0. The van der Waals surface area contributed by atoms with E-state index in [1.54, 1.807) is 7.11 Å². The van der Waals surface area contributed by atoms with Gasteiger partial charge in [-0.25, -0.2) is 0 Å². The van der Waals surface area contributed by atoms with Crippen molar-refractivity contribution in [2.45, 2.75) is 6.10 Å². The number of methoxy groups -OCH3 is 2. The van der Waals surface area contributed by atoms with Crippen LogP contribution in [0.15, 0.2) is 48.5 Å². The molecular weight excluding hydrogens is 268 g/mol. The standard InChI is InChI=1S/C17H18O4/c1-20-16(9-8-12-6-4-3-5-7-12)13-10-15(19)17(21-2)11-14(13)18/h3-11,16,18-19H,1-2H3. The van der Waals surface area contributed by atoms with Crippen LogP contribution in [0.1, 0.15) is 17.2 Å². The average molecular weight is 286 g/mol. The molecule has 0 saturated carbocycles. The van der Waals surface area contributed by atoms with E-state index in [1.165, 1.54) is 19.2 Å². The largest absolute Gasteiger partial charge is 0.507 e. The van der Waals surface area contributed by atoms with Crippen molar-refractivity contribution in [1.82, 2.24) is 0 Å². The SMILES string of the molecule is COc1cc(O)c(C(C=Cc2ccccc2)OC)cc1O. The molecule has 2 rings (SSSR count). The third kappa shape index (κ3) is 3.55. The Morgan fingerprint density at radius 3 is 2.33 bits per heavy atom. The fraction of sp³-hybridized carbons (Fsp3) is 0.176. The van der Waals surface area contributed by atoms with Gasteiger partial charge in [-0.2, -0.15) is 0 Å². The molecule has 0 amide bonds. The summed E-state index contributed by atoms with van der Waals surface area (Å²) in [4.78, 5) is 0. The van der Waals surface area contributed by atoms with E-state index in [-0.39, 0.29) is 17.2 Å². The second-order valence-corrected chi connectivity index (χ2v) is 4.51. The Bertz CT molecular complexity index is 620. The van der Waals surface area contributed by atoms with Gasteiger partial charge in [0.05, 0.1) is 7.11 Å². The van der Waals surface area contributed by atoms with Crippen LogP contribution in [0, 0.1) is 0 Å². The maximum atomic E-state index is 10.0. The van der Waals surface area contributed by atoms with Crippen molar-refractivity contribution in [2.24, 2.45) is 0 Å². The van der Waals surface area contributed by atoms with Gasteiger partial charge in [-0.05, 0) is 11.6 Å². The van der Waals surface area contributed by atoms with Crippen LogP contribution in [0.25, 0.3) is 6.08 Å². The van der Waals surface area contributed by atoms with Crippen LogP contribution in [-0.2, 0) is 4.74 Å². The van der Waals surface area contributed by atoms with Gasteiger partial charge in [-0.3, -0.25) is 0 Å². The molecular formula is C17H18O4. The fourth-order valence-corrected chi connectivity index (χ4v) is 2.04. The van der Waals surface area contributed by atoms with E-state index in [0.29, 0.717) is 5.56 Å². The Hall–Kier alpha value is -2.46. The number of hydrogen-bond acceptors (Lipinski definition) is 4. The maximum absolute atomic E-state index is 10.0. The molecule has 4 heteroatoms.